The highest BCUT2D eigenvalue weighted by molar-refractivity contribution is 5.88. The second-order valence-corrected chi connectivity index (χ2v) is 6.16. The SMILES string of the molecule is COc1ccc(CNC(=O)COC(=O)Cc2c[nH]c3ccccc23)cc1OC. The number of nitrogens with one attached hydrogen (secondary N) is 2. The van der Waals surface area contributed by atoms with Crippen molar-refractivity contribution in [3.05, 3.63) is 59.8 Å². The van der Waals surface area contributed by atoms with E-state index in [1.54, 1.807) is 32.5 Å². The molecular formula is C21H22N2O5. The predicted octanol–water partition coefficient (Wildman–Crippen LogP) is 2.59. The van der Waals surface area contributed by atoms with Gasteiger partial charge >= 0.3 is 5.97 Å². The van der Waals surface area contributed by atoms with Crippen LogP contribution >= 0.6 is 0 Å². The Balaban J connectivity index is 1.47. The zero-order valence-electron chi connectivity index (χ0n) is 15.8. The summed E-state index contributed by atoms with van der Waals surface area (Å²) in [4.78, 5) is 27.1. The maximum Gasteiger partial charge on any atom is 0.310 e. The van der Waals surface area contributed by atoms with E-state index in [9.17, 15) is 9.59 Å². The van der Waals surface area contributed by atoms with Gasteiger partial charge in [-0.25, -0.2) is 0 Å². The first kappa shape index (κ1) is 19.3. The number of rotatable bonds is 8. The maximum atomic E-state index is 12.0. The van der Waals surface area contributed by atoms with E-state index in [0.29, 0.717) is 18.0 Å². The lowest BCUT2D eigenvalue weighted by molar-refractivity contribution is -0.147. The van der Waals surface area contributed by atoms with Gasteiger partial charge in [-0.3, -0.25) is 9.59 Å². The monoisotopic (exact) mass is 382 g/mol. The number of fused-ring (bicyclic) bond motifs is 1. The average molecular weight is 382 g/mol. The van der Waals surface area contributed by atoms with Gasteiger partial charge in [0.25, 0.3) is 5.91 Å². The fraction of sp³-hybridized carbons (Fsp3) is 0.238. The number of carbonyl (C=O) groups is 2. The third kappa shape index (κ3) is 4.62. The molecule has 0 radical (unpaired) electrons. The molecule has 146 valence electrons. The number of benzene rings is 2. The van der Waals surface area contributed by atoms with Gasteiger partial charge < -0.3 is 24.5 Å². The number of carbonyl (C=O) groups excluding carboxylic acids is 2. The zero-order chi connectivity index (χ0) is 19.9. The Labute approximate surface area is 162 Å². The molecule has 1 heterocycles. The number of methoxy groups -OCH3 is 2. The minimum atomic E-state index is -0.453. The van der Waals surface area contributed by atoms with E-state index < -0.39 is 5.97 Å². The molecule has 0 saturated carbocycles. The van der Waals surface area contributed by atoms with Crippen molar-refractivity contribution in [1.29, 1.82) is 0 Å². The van der Waals surface area contributed by atoms with Gasteiger partial charge in [0.2, 0.25) is 0 Å². The summed E-state index contributed by atoms with van der Waals surface area (Å²) in [5, 5.41) is 3.68. The minimum Gasteiger partial charge on any atom is -0.493 e. The molecule has 7 nitrogen and oxygen atoms in total. The third-order valence-electron chi connectivity index (χ3n) is 4.31. The first-order chi connectivity index (χ1) is 13.6. The van der Waals surface area contributed by atoms with Crippen LogP contribution in [0.25, 0.3) is 10.9 Å². The number of aromatic amines is 1. The molecule has 0 aliphatic heterocycles. The van der Waals surface area contributed by atoms with E-state index in [2.05, 4.69) is 10.3 Å². The quantitative estimate of drug-likeness (QED) is 0.585. The highest BCUT2D eigenvalue weighted by atomic mass is 16.5. The molecule has 3 rings (SSSR count). The molecule has 0 unspecified atom stereocenters. The number of hydrogen-bond donors (Lipinski definition) is 2. The van der Waals surface area contributed by atoms with Crippen molar-refractivity contribution in [1.82, 2.24) is 10.3 Å². The lowest BCUT2D eigenvalue weighted by Crippen LogP contribution is -2.28. The van der Waals surface area contributed by atoms with Crippen molar-refractivity contribution in [2.24, 2.45) is 0 Å². The predicted molar refractivity (Wildman–Crippen MR) is 104 cm³/mol. The van der Waals surface area contributed by atoms with Crippen LogP contribution in [0.1, 0.15) is 11.1 Å². The van der Waals surface area contributed by atoms with Gasteiger partial charge in [-0.05, 0) is 29.3 Å². The van der Waals surface area contributed by atoms with Crippen LogP contribution in [-0.2, 0) is 27.3 Å². The summed E-state index contributed by atoms with van der Waals surface area (Å²) in [7, 11) is 3.11. The van der Waals surface area contributed by atoms with Gasteiger partial charge in [-0.15, -0.1) is 0 Å². The standard InChI is InChI=1S/C21H22N2O5/c1-26-18-8-7-14(9-19(18)27-2)11-23-20(24)13-28-21(25)10-15-12-22-17-6-4-3-5-16(15)17/h3-9,12,22H,10-11,13H2,1-2H3,(H,23,24). The molecule has 28 heavy (non-hydrogen) atoms. The number of hydrogen-bond acceptors (Lipinski definition) is 5. The molecule has 3 aromatic rings. The van der Waals surface area contributed by atoms with Gasteiger partial charge in [0.1, 0.15) is 0 Å². The van der Waals surface area contributed by atoms with Crippen molar-refractivity contribution in [2.75, 3.05) is 20.8 Å². The molecule has 0 aliphatic carbocycles. The van der Waals surface area contributed by atoms with Gasteiger partial charge in [0.15, 0.2) is 18.1 Å². The Bertz CT molecular complexity index is 980. The number of aromatic nitrogens is 1. The second kappa shape index (κ2) is 8.94. The van der Waals surface area contributed by atoms with Crippen molar-refractivity contribution >= 4 is 22.8 Å². The largest absolute Gasteiger partial charge is 0.493 e. The van der Waals surface area contributed by atoms with Crippen LogP contribution in [0.2, 0.25) is 0 Å². The molecule has 0 bridgehead atoms. The van der Waals surface area contributed by atoms with Crippen LogP contribution in [-0.4, -0.2) is 37.7 Å². The summed E-state index contributed by atoms with van der Waals surface area (Å²) in [6.45, 7) is -0.0341. The molecule has 1 aromatic heterocycles. The van der Waals surface area contributed by atoms with E-state index >= 15 is 0 Å². The Hall–Kier alpha value is -3.48. The third-order valence-corrected chi connectivity index (χ3v) is 4.31. The van der Waals surface area contributed by atoms with Crippen LogP contribution in [0.5, 0.6) is 11.5 Å². The van der Waals surface area contributed by atoms with Gasteiger partial charge in [-0.1, -0.05) is 24.3 Å². The molecule has 0 fully saturated rings. The molecule has 2 N–H and O–H groups in total. The lowest BCUT2D eigenvalue weighted by atomic mass is 10.1. The van der Waals surface area contributed by atoms with Crippen LogP contribution in [0.15, 0.2) is 48.7 Å². The normalized spacial score (nSPS) is 10.5. The van der Waals surface area contributed by atoms with E-state index in [1.165, 1.54) is 0 Å². The molecular weight excluding hydrogens is 360 g/mol. The molecule has 1 amide bonds. The lowest BCUT2D eigenvalue weighted by Gasteiger charge is -2.10. The topological polar surface area (TPSA) is 89.6 Å². The fourth-order valence-corrected chi connectivity index (χ4v) is 2.87. The highest BCUT2D eigenvalue weighted by Gasteiger charge is 2.12. The minimum absolute atomic E-state index is 0.104. The molecule has 2 aromatic carbocycles. The van der Waals surface area contributed by atoms with Crippen LogP contribution < -0.4 is 14.8 Å². The van der Waals surface area contributed by atoms with E-state index in [-0.39, 0.29) is 18.9 Å². The average Bonchev–Trinajstić information content (AvgIpc) is 3.13. The van der Waals surface area contributed by atoms with Crippen molar-refractivity contribution in [3.8, 4) is 11.5 Å². The van der Waals surface area contributed by atoms with E-state index in [4.69, 9.17) is 14.2 Å². The number of ether oxygens (including phenoxy) is 3. The van der Waals surface area contributed by atoms with Crippen LogP contribution in [0.4, 0.5) is 0 Å². The molecule has 0 atom stereocenters. The molecule has 0 spiro atoms. The Morgan fingerprint density at radius 3 is 2.61 bits per heavy atom. The highest BCUT2D eigenvalue weighted by Crippen LogP contribution is 2.27. The molecule has 0 aliphatic rings. The number of H-pyrrole nitrogens is 1. The summed E-state index contributed by atoms with van der Waals surface area (Å²) in [6, 6.07) is 13.1. The smallest absolute Gasteiger partial charge is 0.310 e. The summed E-state index contributed by atoms with van der Waals surface area (Å²) < 4.78 is 15.5. The molecule has 7 heteroatoms. The zero-order valence-corrected chi connectivity index (χ0v) is 15.8. The molecule has 0 saturated heterocycles. The first-order valence-electron chi connectivity index (χ1n) is 8.79. The van der Waals surface area contributed by atoms with Gasteiger partial charge in [0.05, 0.1) is 20.6 Å². The Morgan fingerprint density at radius 2 is 1.82 bits per heavy atom. The van der Waals surface area contributed by atoms with Crippen LogP contribution in [0, 0.1) is 0 Å². The second-order valence-electron chi connectivity index (χ2n) is 6.16. The van der Waals surface area contributed by atoms with E-state index in [1.807, 2.05) is 30.3 Å². The summed E-state index contributed by atoms with van der Waals surface area (Å²) in [6.07, 6.45) is 1.88. The van der Waals surface area contributed by atoms with Crippen molar-refractivity contribution in [3.63, 3.8) is 0 Å². The number of para-hydroxylation sites is 1. The number of amides is 1. The van der Waals surface area contributed by atoms with Crippen LogP contribution in [0.3, 0.4) is 0 Å². The van der Waals surface area contributed by atoms with Crippen molar-refractivity contribution < 1.29 is 23.8 Å². The maximum absolute atomic E-state index is 12.0. The summed E-state index contributed by atoms with van der Waals surface area (Å²) >= 11 is 0. The fourth-order valence-electron chi connectivity index (χ4n) is 2.87. The van der Waals surface area contributed by atoms with Gasteiger partial charge in [0, 0.05) is 23.6 Å². The number of esters is 1. The summed E-state index contributed by atoms with van der Waals surface area (Å²) in [5.41, 5.74) is 2.64. The van der Waals surface area contributed by atoms with Gasteiger partial charge in [-0.2, -0.15) is 0 Å². The summed E-state index contributed by atoms with van der Waals surface area (Å²) in [5.74, 6) is 0.372. The first-order valence-corrected chi connectivity index (χ1v) is 8.79. The Morgan fingerprint density at radius 1 is 1.04 bits per heavy atom. The van der Waals surface area contributed by atoms with E-state index in [0.717, 1.165) is 22.0 Å². The Kier molecular flexibility index (Phi) is 6.16. The van der Waals surface area contributed by atoms with Crippen molar-refractivity contribution in [2.45, 2.75) is 13.0 Å².